The molecule has 0 saturated carbocycles. The average molecular weight is 283 g/mol. The maximum atomic E-state index is 12.5. The molecule has 1 aliphatic heterocycles. The van der Waals surface area contributed by atoms with Crippen LogP contribution in [0.15, 0.2) is 6.20 Å². The number of hydrogen-bond acceptors (Lipinski definition) is 4. The zero-order chi connectivity index (χ0) is 14.0. The second-order valence-electron chi connectivity index (χ2n) is 4.59. The number of carboxylic acids is 1. The lowest BCUT2D eigenvalue weighted by Gasteiger charge is -2.34. The summed E-state index contributed by atoms with van der Waals surface area (Å²) in [4.78, 5) is 25.1. The second kappa shape index (κ2) is 5.64. The lowest BCUT2D eigenvalue weighted by atomic mass is 10.1. The van der Waals surface area contributed by atoms with Crippen LogP contribution in [-0.2, 0) is 11.8 Å². The average Bonchev–Trinajstić information content (AvgIpc) is 2.69. The fourth-order valence-corrected chi connectivity index (χ4v) is 3.22. The Morgan fingerprint density at radius 1 is 1.58 bits per heavy atom. The van der Waals surface area contributed by atoms with Gasteiger partial charge < -0.3 is 10.0 Å². The third-order valence-corrected chi connectivity index (χ3v) is 4.46. The van der Waals surface area contributed by atoms with E-state index in [0.717, 1.165) is 11.4 Å². The number of carbonyl (C=O) groups is 2. The number of nitrogens with zero attached hydrogens (tertiary/aromatic N) is 3. The molecule has 1 amide bonds. The van der Waals surface area contributed by atoms with E-state index in [0.29, 0.717) is 17.9 Å². The van der Waals surface area contributed by atoms with Crippen LogP contribution in [0.1, 0.15) is 22.5 Å². The van der Waals surface area contributed by atoms with Gasteiger partial charge in [0.15, 0.2) is 0 Å². The fourth-order valence-electron chi connectivity index (χ4n) is 2.16. The number of thioether (sulfide) groups is 1. The maximum absolute atomic E-state index is 12.5. The molecule has 0 aliphatic carbocycles. The van der Waals surface area contributed by atoms with Crippen LogP contribution in [0.4, 0.5) is 0 Å². The molecule has 1 aliphatic rings. The highest BCUT2D eigenvalue weighted by Gasteiger charge is 2.30. The summed E-state index contributed by atoms with van der Waals surface area (Å²) in [7, 11) is 1.78. The van der Waals surface area contributed by atoms with Gasteiger partial charge in [0.2, 0.25) is 0 Å². The Labute approximate surface area is 115 Å². The molecular formula is C12H17N3O3S. The van der Waals surface area contributed by atoms with Crippen molar-refractivity contribution in [2.24, 2.45) is 7.05 Å². The fraction of sp³-hybridized carbons (Fsp3) is 0.583. The van der Waals surface area contributed by atoms with Gasteiger partial charge >= 0.3 is 5.97 Å². The van der Waals surface area contributed by atoms with E-state index < -0.39 is 5.97 Å². The van der Waals surface area contributed by atoms with Gasteiger partial charge in [-0.3, -0.25) is 14.3 Å². The molecule has 1 fully saturated rings. The van der Waals surface area contributed by atoms with Gasteiger partial charge in [-0.25, -0.2) is 0 Å². The normalized spacial score (nSPS) is 19.5. The van der Waals surface area contributed by atoms with Gasteiger partial charge in [0.1, 0.15) is 0 Å². The van der Waals surface area contributed by atoms with Gasteiger partial charge in [0.05, 0.1) is 24.2 Å². The minimum absolute atomic E-state index is 0.00193. The largest absolute Gasteiger partial charge is 0.481 e. The monoisotopic (exact) mass is 283 g/mol. The van der Waals surface area contributed by atoms with Crippen LogP contribution < -0.4 is 0 Å². The van der Waals surface area contributed by atoms with Crippen molar-refractivity contribution in [1.29, 1.82) is 0 Å². The Hall–Kier alpha value is -1.50. The zero-order valence-corrected chi connectivity index (χ0v) is 11.8. The van der Waals surface area contributed by atoms with Gasteiger partial charge in [0, 0.05) is 30.8 Å². The summed E-state index contributed by atoms with van der Waals surface area (Å²) in [6.45, 7) is 2.43. The van der Waals surface area contributed by atoms with E-state index in [9.17, 15) is 9.59 Å². The van der Waals surface area contributed by atoms with E-state index in [1.54, 1.807) is 34.6 Å². The number of carbonyl (C=O) groups excluding carboxylic acids is 1. The number of aromatic nitrogens is 2. The Balaban J connectivity index is 2.20. The van der Waals surface area contributed by atoms with E-state index in [-0.39, 0.29) is 18.4 Å². The van der Waals surface area contributed by atoms with Crippen molar-refractivity contribution in [1.82, 2.24) is 14.7 Å². The standard InChI is InChI=1S/C12H17N3O3S/c1-8-10(6-13-14(8)2)12(18)15-3-4-19-7-9(15)5-11(16)17/h6,9H,3-5,7H2,1-2H3,(H,16,17). The van der Waals surface area contributed by atoms with Crippen LogP contribution in [-0.4, -0.2) is 55.8 Å². The molecular weight excluding hydrogens is 266 g/mol. The molecule has 104 valence electrons. The molecule has 1 unspecified atom stereocenters. The molecule has 1 atom stereocenters. The van der Waals surface area contributed by atoms with Crippen LogP contribution in [0, 0.1) is 6.92 Å². The van der Waals surface area contributed by atoms with E-state index in [4.69, 9.17) is 5.11 Å². The van der Waals surface area contributed by atoms with Crippen molar-refractivity contribution in [3.05, 3.63) is 17.5 Å². The summed E-state index contributed by atoms with van der Waals surface area (Å²) < 4.78 is 1.65. The quantitative estimate of drug-likeness (QED) is 0.886. The third-order valence-electron chi connectivity index (χ3n) is 3.36. The van der Waals surface area contributed by atoms with Gasteiger partial charge in [-0.1, -0.05) is 0 Å². The molecule has 1 aromatic rings. The maximum Gasteiger partial charge on any atom is 0.305 e. The Morgan fingerprint density at radius 3 is 2.89 bits per heavy atom. The molecule has 7 heteroatoms. The lowest BCUT2D eigenvalue weighted by molar-refractivity contribution is -0.138. The van der Waals surface area contributed by atoms with Gasteiger partial charge in [-0.15, -0.1) is 0 Å². The Kier molecular flexibility index (Phi) is 4.14. The molecule has 2 heterocycles. The molecule has 1 saturated heterocycles. The smallest absolute Gasteiger partial charge is 0.305 e. The van der Waals surface area contributed by atoms with Gasteiger partial charge in [-0.05, 0) is 6.92 Å². The highest BCUT2D eigenvalue weighted by Crippen LogP contribution is 2.22. The van der Waals surface area contributed by atoms with Crippen LogP contribution in [0.2, 0.25) is 0 Å². The van der Waals surface area contributed by atoms with E-state index in [2.05, 4.69) is 5.10 Å². The highest BCUT2D eigenvalue weighted by molar-refractivity contribution is 7.99. The molecule has 2 rings (SSSR count). The van der Waals surface area contributed by atoms with Crippen LogP contribution in [0.25, 0.3) is 0 Å². The first kappa shape index (κ1) is 13.9. The predicted octanol–water partition coefficient (Wildman–Crippen LogP) is 0.761. The lowest BCUT2D eigenvalue weighted by Crippen LogP contribution is -2.47. The van der Waals surface area contributed by atoms with E-state index >= 15 is 0 Å². The van der Waals surface area contributed by atoms with E-state index in [1.165, 1.54) is 0 Å². The zero-order valence-electron chi connectivity index (χ0n) is 11.0. The molecule has 0 spiro atoms. The van der Waals surface area contributed by atoms with Crippen LogP contribution in [0.3, 0.4) is 0 Å². The molecule has 6 nitrogen and oxygen atoms in total. The summed E-state index contributed by atoms with van der Waals surface area (Å²) in [5.41, 5.74) is 1.36. The number of aryl methyl sites for hydroxylation is 1. The molecule has 0 radical (unpaired) electrons. The minimum atomic E-state index is -0.867. The molecule has 1 aromatic heterocycles. The summed E-state index contributed by atoms with van der Waals surface area (Å²) in [5, 5.41) is 13.0. The van der Waals surface area contributed by atoms with Crippen molar-refractivity contribution in [3.8, 4) is 0 Å². The first-order chi connectivity index (χ1) is 9.00. The van der Waals surface area contributed by atoms with Crippen molar-refractivity contribution in [3.63, 3.8) is 0 Å². The first-order valence-corrected chi connectivity index (χ1v) is 7.25. The van der Waals surface area contributed by atoms with Gasteiger partial charge in [0.25, 0.3) is 5.91 Å². The van der Waals surface area contributed by atoms with E-state index in [1.807, 2.05) is 6.92 Å². The van der Waals surface area contributed by atoms with Crippen molar-refractivity contribution >= 4 is 23.6 Å². The van der Waals surface area contributed by atoms with Gasteiger partial charge in [-0.2, -0.15) is 16.9 Å². The van der Waals surface area contributed by atoms with Crippen LogP contribution in [0.5, 0.6) is 0 Å². The number of aliphatic carboxylic acids is 1. The van der Waals surface area contributed by atoms with Crippen molar-refractivity contribution in [2.75, 3.05) is 18.1 Å². The van der Waals surface area contributed by atoms with Crippen LogP contribution >= 0.6 is 11.8 Å². The predicted molar refractivity (Wildman–Crippen MR) is 72.3 cm³/mol. The van der Waals surface area contributed by atoms with Crippen molar-refractivity contribution < 1.29 is 14.7 Å². The van der Waals surface area contributed by atoms with Crippen molar-refractivity contribution in [2.45, 2.75) is 19.4 Å². The Bertz CT molecular complexity index is 500. The number of amides is 1. The molecule has 0 bridgehead atoms. The minimum Gasteiger partial charge on any atom is -0.481 e. The number of carboxylic acid groups (broad SMARTS) is 1. The summed E-state index contributed by atoms with van der Waals surface area (Å²) in [6, 6.07) is -0.233. The SMILES string of the molecule is Cc1c(C(=O)N2CCSCC2CC(=O)O)cnn1C. The molecule has 1 N–H and O–H groups in total. The summed E-state index contributed by atoms with van der Waals surface area (Å²) in [6.07, 6.45) is 1.55. The summed E-state index contributed by atoms with van der Waals surface area (Å²) >= 11 is 1.69. The Morgan fingerprint density at radius 2 is 2.32 bits per heavy atom. The molecule has 0 aromatic carbocycles. The third kappa shape index (κ3) is 2.91. The summed E-state index contributed by atoms with van der Waals surface area (Å²) in [5.74, 6) is 0.545. The molecule has 19 heavy (non-hydrogen) atoms. The second-order valence-corrected chi connectivity index (χ2v) is 5.74. The number of rotatable bonds is 3. The topological polar surface area (TPSA) is 75.4 Å². The highest BCUT2D eigenvalue weighted by atomic mass is 32.2. The number of hydrogen-bond donors (Lipinski definition) is 1. The first-order valence-electron chi connectivity index (χ1n) is 6.09.